The molecule has 3 aliphatic heterocycles. The summed E-state index contributed by atoms with van der Waals surface area (Å²) in [5, 5.41) is 20.4. The van der Waals surface area contributed by atoms with Crippen molar-refractivity contribution in [2.75, 3.05) is 36.8 Å². The summed E-state index contributed by atoms with van der Waals surface area (Å²) in [7, 11) is 0. The molecule has 0 radical (unpaired) electrons. The summed E-state index contributed by atoms with van der Waals surface area (Å²) in [6.07, 6.45) is 2.03. The van der Waals surface area contributed by atoms with Gasteiger partial charge in [-0.2, -0.15) is 13.2 Å². The lowest BCUT2D eigenvalue weighted by Crippen LogP contribution is -2.63. The van der Waals surface area contributed by atoms with Gasteiger partial charge in [-0.15, -0.1) is 11.3 Å². The topological polar surface area (TPSA) is 174 Å². The fourth-order valence-corrected chi connectivity index (χ4v) is 11.6. The maximum Gasteiger partial charge on any atom is 0.433 e. The number of rotatable bonds is 11. The number of nitrogens with one attached hydrogen (secondary N) is 3. The number of likely N-dealkylation sites (tertiary alicyclic amines) is 1. The lowest BCUT2D eigenvalue weighted by atomic mass is 9.54. The zero-order valence-electron chi connectivity index (χ0n) is 35.3. The molecule has 2 saturated carbocycles. The molecule has 1 spiro atoms. The Balaban J connectivity index is 0.745. The molecule has 2 aromatic carbocycles. The van der Waals surface area contributed by atoms with Crippen LogP contribution < -0.4 is 16.0 Å². The van der Waals surface area contributed by atoms with Crippen LogP contribution in [0.2, 0.25) is 0 Å². The number of halogens is 3. The fraction of sp³-hybridized carbons (Fsp3) is 0.500. The number of carbonyl (C=O) groups is 5. The van der Waals surface area contributed by atoms with Crippen molar-refractivity contribution in [1.82, 2.24) is 25.1 Å². The van der Waals surface area contributed by atoms with Crippen LogP contribution in [0.25, 0.3) is 10.2 Å². The number of hydrogen-bond acceptors (Lipinski definition) is 11. The summed E-state index contributed by atoms with van der Waals surface area (Å²) in [4.78, 5) is 76.1. The summed E-state index contributed by atoms with van der Waals surface area (Å²) in [6, 6.07) is 10.8. The third-order valence-corrected chi connectivity index (χ3v) is 15.0. The Morgan fingerprint density at radius 3 is 2.40 bits per heavy atom. The second-order valence-corrected chi connectivity index (χ2v) is 20.0. The van der Waals surface area contributed by atoms with E-state index in [0.29, 0.717) is 58.1 Å². The molecule has 4 fully saturated rings. The maximum atomic E-state index is 13.5. The van der Waals surface area contributed by atoms with E-state index in [0.717, 1.165) is 84.9 Å². The van der Waals surface area contributed by atoms with E-state index in [-0.39, 0.29) is 29.7 Å². The normalized spacial score (nSPS) is 23.3. The highest BCUT2D eigenvalue weighted by molar-refractivity contribution is 7.18. The van der Waals surface area contributed by atoms with Crippen LogP contribution in [0.3, 0.4) is 0 Å². The summed E-state index contributed by atoms with van der Waals surface area (Å²) >= 11 is 1.55. The van der Waals surface area contributed by atoms with Crippen molar-refractivity contribution in [3.63, 3.8) is 0 Å². The number of amides is 5. The predicted octanol–water partition coefficient (Wildman–Crippen LogP) is 7.33. The number of alkyl halides is 3. The van der Waals surface area contributed by atoms with Crippen molar-refractivity contribution in [2.24, 2.45) is 23.2 Å². The van der Waals surface area contributed by atoms with Crippen molar-refractivity contribution in [2.45, 2.75) is 95.9 Å². The number of carbonyl (C=O) groups excluding carboxylic acids is 5. The number of pyridine rings is 1. The number of imide groups is 2. The second-order valence-electron chi connectivity index (χ2n) is 18.9. The average molecular weight is 886 g/mol. The van der Waals surface area contributed by atoms with Crippen molar-refractivity contribution >= 4 is 62.5 Å². The largest absolute Gasteiger partial charge is 0.433 e. The van der Waals surface area contributed by atoms with Crippen LogP contribution in [-0.2, 0) is 21.4 Å². The van der Waals surface area contributed by atoms with Crippen LogP contribution in [0.1, 0.15) is 126 Å². The molecule has 2 aromatic heterocycles. The molecule has 4 aromatic rings. The predicted molar refractivity (Wildman–Crippen MR) is 229 cm³/mol. The highest BCUT2D eigenvalue weighted by atomic mass is 32.1. The van der Waals surface area contributed by atoms with Crippen LogP contribution >= 0.6 is 11.3 Å². The number of piperidine rings is 1. The van der Waals surface area contributed by atoms with E-state index in [9.17, 15) is 42.3 Å². The number of aliphatic hydroxyl groups is 1. The van der Waals surface area contributed by atoms with Gasteiger partial charge >= 0.3 is 6.18 Å². The molecule has 0 bridgehead atoms. The molecule has 17 heteroatoms. The van der Waals surface area contributed by atoms with Gasteiger partial charge in [-0.1, -0.05) is 19.1 Å². The zero-order valence-corrected chi connectivity index (χ0v) is 36.1. The standard InChI is InChI=1S/C46H50F3N7O6S/c1-24(20-50-30-7-4-6-28-38(30)43(61)56(42(28)60)34-14-15-37(57)54-40(34)59)27-18-45(19-27)22-55(23-45)21-25-10-12-26(13-11-25)41-53-33-16-29(44(2,3)62)32(17-35(33)63-41)52-39(58)31-8-5-9-36(51-31)46(47,48)49/h4-9,16-17,24-27,34,50,62H,10-15,18-23H2,1-3H3,(H,52,58)(H,54,57,59)/t24-,25-,26-,34?/m0/s1. The first-order valence-electron chi connectivity index (χ1n) is 21.7. The Labute approximate surface area is 366 Å². The second kappa shape index (κ2) is 16.1. The molecule has 2 atom stereocenters. The number of anilines is 2. The Kier molecular flexibility index (Phi) is 11.0. The third kappa shape index (κ3) is 8.34. The molecule has 2 aliphatic carbocycles. The minimum Gasteiger partial charge on any atom is -0.386 e. The number of aromatic nitrogens is 2. The van der Waals surface area contributed by atoms with Crippen LogP contribution in [0.4, 0.5) is 24.5 Å². The first-order chi connectivity index (χ1) is 29.9. The number of benzene rings is 2. The third-order valence-electron chi connectivity index (χ3n) is 13.8. The lowest BCUT2D eigenvalue weighted by molar-refractivity contribution is -0.141. The summed E-state index contributed by atoms with van der Waals surface area (Å²) in [5.41, 5.74) is -0.0122. The molecule has 1 unspecified atom stereocenters. The monoisotopic (exact) mass is 885 g/mol. The van der Waals surface area contributed by atoms with E-state index in [2.05, 4.69) is 32.8 Å². The maximum absolute atomic E-state index is 13.5. The van der Waals surface area contributed by atoms with E-state index in [1.54, 1.807) is 55.5 Å². The quantitative estimate of drug-likeness (QED) is 0.112. The van der Waals surface area contributed by atoms with E-state index >= 15 is 0 Å². The Morgan fingerprint density at radius 2 is 1.70 bits per heavy atom. The van der Waals surface area contributed by atoms with E-state index < -0.39 is 53.0 Å². The molecule has 5 heterocycles. The van der Waals surface area contributed by atoms with Crippen molar-refractivity contribution < 1.29 is 42.3 Å². The molecule has 5 amide bonds. The molecule has 13 nitrogen and oxygen atoms in total. The van der Waals surface area contributed by atoms with Crippen LogP contribution in [0.15, 0.2) is 48.5 Å². The zero-order chi connectivity index (χ0) is 44.6. The number of hydrogen-bond donors (Lipinski definition) is 4. The molecule has 4 N–H and O–H groups in total. The first-order valence-corrected chi connectivity index (χ1v) is 22.5. The molecular formula is C46H50F3N7O6S. The lowest BCUT2D eigenvalue weighted by Gasteiger charge is -2.61. The highest BCUT2D eigenvalue weighted by Gasteiger charge is 2.53. The van der Waals surface area contributed by atoms with Gasteiger partial charge in [0.05, 0.1) is 32.0 Å². The minimum atomic E-state index is -4.69. The number of fused-ring (bicyclic) bond motifs is 2. The SMILES string of the molecule is C[C@@H](CNc1cccc2c1C(=O)N(C1CCC(=O)NC1=O)C2=O)C1CC2(C1)CN(C[C@H]1CC[C@H](c3nc4cc(C(C)(C)O)c(NC(=O)c5cccc(C(F)(F)F)n5)cc4s3)CC1)C2. The van der Waals surface area contributed by atoms with Gasteiger partial charge in [0.15, 0.2) is 0 Å². The Bertz CT molecular complexity index is 2510. The Morgan fingerprint density at radius 1 is 0.968 bits per heavy atom. The highest BCUT2D eigenvalue weighted by Crippen LogP contribution is 2.55. The molecule has 2 saturated heterocycles. The van der Waals surface area contributed by atoms with Gasteiger partial charge in [-0.3, -0.25) is 34.2 Å². The molecule has 5 aliphatic rings. The van der Waals surface area contributed by atoms with Crippen LogP contribution in [-0.4, -0.2) is 86.6 Å². The molecular weight excluding hydrogens is 836 g/mol. The van der Waals surface area contributed by atoms with Gasteiger partial charge in [-0.05, 0) is 118 Å². The fourth-order valence-electron chi connectivity index (χ4n) is 10.5. The summed E-state index contributed by atoms with van der Waals surface area (Å²) < 4.78 is 40.6. The molecule has 332 valence electrons. The molecule has 9 rings (SSSR count). The minimum absolute atomic E-state index is 0.0735. The van der Waals surface area contributed by atoms with Crippen molar-refractivity contribution in [3.05, 3.63) is 81.6 Å². The van der Waals surface area contributed by atoms with Crippen molar-refractivity contribution in [1.29, 1.82) is 0 Å². The number of thiazole rings is 1. The van der Waals surface area contributed by atoms with Gasteiger partial charge in [0, 0.05) is 55.5 Å². The van der Waals surface area contributed by atoms with Crippen LogP contribution in [0.5, 0.6) is 0 Å². The molecule has 63 heavy (non-hydrogen) atoms. The average Bonchev–Trinajstić information content (AvgIpc) is 3.74. The van der Waals surface area contributed by atoms with Gasteiger partial charge in [0.2, 0.25) is 11.8 Å². The summed E-state index contributed by atoms with van der Waals surface area (Å²) in [6.45, 7) is 9.33. The van der Waals surface area contributed by atoms with E-state index in [1.807, 2.05) is 0 Å². The van der Waals surface area contributed by atoms with Gasteiger partial charge in [0.1, 0.15) is 17.4 Å². The van der Waals surface area contributed by atoms with E-state index in [1.165, 1.54) is 6.07 Å². The van der Waals surface area contributed by atoms with Crippen LogP contribution in [0, 0.1) is 23.2 Å². The smallest absolute Gasteiger partial charge is 0.386 e. The summed E-state index contributed by atoms with van der Waals surface area (Å²) in [5.74, 6) is -1.06. The Hall–Kier alpha value is -5.26. The van der Waals surface area contributed by atoms with Gasteiger partial charge < -0.3 is 20.6 Å². The number of nitrogens with zero attached hydrogens (tertiary/aromatic N) is 4. The van der Waals surface area contributed by atoms with Gasteiger partial charge in [0.25, 0.3) is 17.7 Å². The van der Waals surface area contributed by atoms with Gasteiger partial charge in [-0.25, -0.2) is 9.97 Å². The van der Waals surface area contributed by atoms with Crippen molar-refractivity contribution in [3.8, 4) is 0 Å². The first kappa shape index (κ1) is 43.0. The van der Waals surface area contributed by atoms with E-state index in [4.69, 9.17) is 4.98 Å².